The first-order valence-corrected chi connectivity index (χ1v) is 7.98. The van der Waals surface area contributed by atoms with E-state index in [0.717, 1.165) is 27.3 Å². The van der Waals surface area contributed by atoms with Gasteiger partial charge in [-0.05, 0) is 42.7 Å². The van der Waals surface area contributed by atoms with Gasteiger partial charge >= 0.3 is 0 Å². The van der Waals surface area contributed by atoms with Crippen LogP contribution in [0, 0.1) is 13.8 Å². The van der Waals surface area contributed by atoms with E-state index in [4.69, 9.17) is 11.6 Å². The van der Waals surface area contributed by atoms with Crippen LogP contribution >= 0.6 is 11.6 Å². The number of carbonyl (C=O) groups is 2. The summed E-state index contributed by atoms with van der Waals surface area (Å²) in [5.41, 5.74) is 3.86. The van der Waals surface area contributed by atoms with Crippen LogP contribution in [0.1, 0.15) is 16.7 Å². The van der Waals surface area contributed by atoms with E-state index in [1.165, 1.54) is 0 Å². The van der Waals surface area contributed by atoms with Crippen molar-refractivity contribution in [2.45, 2.75) is 20.4 Å². The number of carbonyl (C=O) groups excluding carboxylic acids is 2. The van der Waals surface area contributed by atoms with Gasteiger partial charge in [-0.2, -0.15) is 0 Å². The van der Waals surface area contributed by atoms with Crippen LogP contribution in [0.15, 0.2) is 59.3 Å². The lowest BCUT2D eigenvalue weighted by molar-refractivity contribution is -0.138. The highest BCUT2D eigenvalue weighted by Crippen LogP contribution is 2.27. The number of nitrogens with zero attached hydrogens (tertiary/aromatic N) is 1. The topological polar surface area (TPSA) is 49.4 Å². The molecule has 2 aromatic rings. The van der Waals surface area contributed by atoms with E-state index in [1.807, 2.05) is 62.4 Å². The minimum Gasteiger partial charge on any atom is -0.350 e. The highest BCUT2D eigenvalue weighted by atomic mass is 35.5. The SMILES string of the molecule is Cc1cc(C)cc(NC2=C(Cl)C(=O)N(Cc3ccccc3)C2=O)c1. The molecular formula is C19H17ClN2O2. The zero-order chi connectivity index (χ0) is 17.3. The molecule has 122 valence electrons. The molecule has 0 radical (unpaired) electrons. The van der Waals surface area contributed by atoms with Crippen molar-refractivity contribution in [3.63, 3.8) is 0 Å². The highest BCUT2D eigenvalue weighted by molar-refractivity contribution is 6.48. The third kappa shape index (κ3) is 3.19. The first-order chi connectivity index (χ1) is 11.5. The van der Waals surface area contributed by atoms with Gasteiger partial charge in [0.15, 0.2) is 0 Å². The van der Waals surface area contributed by atoms with Gasteiger partial charge in [0, 0.05) is 5.69 Å². The van der Waals surface area contributed by atoms with Gasteiger partial charge in [-0.3, -0.25) is 14.5 Å². The Kier molecular flexibility index (Phi) is 4.40. The number of hydrogen-bond acceptors (Lipinski definition) is 3. The summed E-state index contributed by atoms with van der Waals surface area (Å²) >= 11 is 6.12. The third-order valence-corrected chi connectivity index (χ3v) is 4.14. The fraction of sp³-hybridized carbons (Fsp3) is 0.158. The average Bonchev–Trinajstić information content (AvgIpc) is 2.73. The number of halogens is 1. The first kappa shape index (κ1) is 16.3. The predicted molar refractivity (Wildman–Crippen MR) is 94.4 cm³/mol. The summed E-state index contributed by atoms with van der Waals surface area (Å²) in [4.78, 5) is 26.1. The van der Waals surface area contributed by atoms with Gasteiger partial charge in [0.25, 0.3) is 11.8 Å². The number of anilines is 1. The Morgan fingerprint density at radius 1 is 0.958 bits per heavy atom. The van der Waals surface area contributed by atoms with Crippen LogP contribution in [-0.4, -0.2) is 16.7 Å². The fourth-order valence-electron chi connectivity index (χ4n) is 2.76. The maximum atomic E-state index is 12.6. The van der Waals surface area contributed by atoms with Gasteiger partial charge in [0.2, 0.25) is 0 Å². The van der Waals surface area contributed by atoms with E-state index in [-0.39, 0.29) is 17.3 Å². The molecule has 0 atom stereocenters. The highest BCUT2D eigenvalue weighted by Gasteiger charge is 2.37. The van der Waals surface area contributed by atoms with Crippen molar-refractivity contribution in [3.05, 3.63) is 76.0 Å². The van der Waals surface area contributed by atoms with Crippen molar-refractivity contribution >= 4 is 29.1 Å². The van der Waals surface area contributed by atoms with E-state index in [9.17, 15) is 9.59 Å². The predicted octanol–water partition coefficient (Wildman–Crippen LogP) is 3.73. The van der Waals surface area contributed by atoms with E-state index in [1.54, 1.807) is 0 Å². The second-order valence-electron chi connectivity index (χ2n) is 5.87. The van der Waals surface area contributed by atoms with Gasteiger partial charge in [-0.15, -0.1) is 0 Å². The van der Waals surface area contributed by atoms with Gasteiger partial charge in [-0.25, -0.2) is 0 Å². The molecule has 3 rings (SSSR count). The molecule has 1 heterocycles. The summed E-state index contributed by atoms with van der Waals surface area (Å²) in [7, 11) is 0. The van der Waals surface area contributed by atoms with Gasteiger partial charge in [0.05, 0.1) is 6.54 Å². The zero-order valence-corrected chi connectivity index (χ0v) is 14.2. The molecule has 1 N–H and O–H groups in total. The Labute approximate surface area is 145 Å². The number of rotatable bonds is 4. The van der Waals surface area contributed by atoms with Crippen LogP contribution in [0.5, 0.6) is 0 Å². The number of benzene rings is 2. The van der Waals surface area contributed by atoms with Crippen molar-refractivity contribution in [1.29, 1.82) is 0 Å². The quantitative estimate of drug-likeness (QED) is 0.863. The maximum absolute atomic E-state index is 12.6. The van der Waals surface area contributed by atoms with Crippen molar-refractivity contribution in [2.24, 2.45) is 0 Å². The van der Waals surface area contributed by atoms with Crippen LogP contribution in [0.25, 0.3) is 0 Å². The van der Waals surface area contributed by atoms with Crippen molar-refractivity contribution < 1.29 is 9.59 Å². The lowest BCUT2D eigenvalue weighted by atomic mass is 10.1. The Bertz CT molecular complexity index is 823. The van der Waals surface area contributed by atoms with Crippen LogP contribution < -0.4 is 5.32 Å². The van der Waals surface area contributed by atoms with Crippen LogP contribution in [0.4, 0.5) is 5.69 Å². The molecule has 2 aromatic carbocycles. The summed E-state index contributed by atoms with van der Waals surface area (Å²) in [6.07, 6.45) is 0. The monoisotopic (exact) mass is 340 g/mol. The molecule has 4 nitrogen and oxygen atoms in total. The van der Waals surface area contributed by atoms with Crippen molar-refractivity contribution in [1.82, 2.24) is 4.90 Å². The fourth-order valence-corrected chi connectivity index (χ4v) is 2.99. The molecular weight excluding hydrogens is 324 g/mol. The number of amides is 2. The maximum Gasteiger partial charge on any atom is 0.279 e. The third-order valence-electron chi connectivity index (χ3n) is 3.79. The van der Waals surface area contributed by atoms with Crippen LogP contribution in [0.3, 0.4) is 0 Å². The molecule has 0 unspecified atom stereocenters. The largest absolute Gasteiger partial charge is 0.350 e. The second kappa shape index (κ2) is 6.49. The average molecular weight is 341 g/mol. The smallest absolute Gasteiger partial charge is 0.279 e. The zero-order valence-electron chi connectivity index (χ0n) is 13.5. The molecule has 0 fully saturated rings. The first-order valence-electron chi connectivity index (χ1n) is 7.61. The molecule has 0 saturated carbocycles. The normalized spacial score (nSPS) is 14.5. The lowest BCUT2D eigenvalue weighted by Gasteiger charge is -2.15. The minimum absolute atomic E-state index is 0.0740. The second-order valence-corrected chi connectivity index (χ2v) is 6.25. The number of nitrogens with one attached hydrogen (secondary N) is 1. The summed E-state index contributed by atoms with van der Waals surface area (Å²) in [5.74, 6) is -0.884. The van der Waals surface area contributed by atoms with Crippen LogP contribution in [0.2, 0.25) is 0 Å². The summed E-state index contributed by atoms with van der Waals surface area (Å²) in [6, 6.07) is 15.2. The molecule has 5 heteroatoms. The van der Waals surface area contributed by atoms with Gasteiger partial charge < -0.3 is 5.32 Å². The number of aryl methyl sites for hydroxylation is 2. The molecule has 2 amide bonds. The Morgan fingerprint density at radius 2 is 1.58 bits per heavy atom. The Hall–Kier alpha value is -2.59. The van der Waals surface area contributed by atoms with E-state index >= 15 is 0 Å². The van der Waals surface area contributed by atoms with E-state index in [2.05, 4.69) is 5.32 Å². The molecule has 0 saturated heterocycles. The summed E-state index contributed by atoms with van der Waals surface area (Å²) in [5, 5.41) is 2.93. The van der Waals surface area contributed by atoms with Gasteiger partial charge in [-0.1, -0.05) is 48.0 Å². The molecule has 1 aliphatic rings. The molecule has 0 spiro atoms. The standard InChI is InChI=1S/C19H17ClN2O2/c1-12-8-13(2)10-15(9-12)21-17-16(20)18(23)22(19(17)24)11-14-6-4-3-5-7-14/h3-10,21H,11H2,1-2H3. The van der Waals surface area contributed by atoms with Crippen molar-refractivity contribution in [2.75, 3.05) is 5.32 Å². The van der Waals surface area contributed by atoms with E-state index < -0.39 is 11.8 Å². The molecule has 0 aromatic heterocycles. The Morgan fingerprint density at radius 3 is 2.21 bits per heavy atom. The number of hydrogen-bond donors (Lipinski definition) is 1. The Balaban J connectivity index is 1.84. The summed E-state index contributed by atoms with van der Waals surface area (Å²) in [6.45, 7) is 4.14. The van der Waals surface area contributed by atoms with Gasteiger partial charge in [0.1, 0.15) is 10.7 Å². The minimum atomic E-state index is -0.475. The molecule has 24 heavy (non-hydrogen) atoms. The van der Waals surface area contributed by atoms with Crippen molar-refractivity contribution in [3.8, 4) is 0 Å². The molecule has 1 aliphatic heterocycles. The lowest BCUT2D eigenvalue weighted by Crippen LogP contribution is -2.31. The van der Waals surface area contributed by atoms with E-state index in [0.29, 0.717) is 0 Å². The number of imide groups is 1. The summed E-state index contributed by atoms with van der Waals surface area (Å²) < 4.78 is 0. The molecule has 0 bridgehead atoms. The van der Waals surface area contributed by atoms with Crippen LogP contribution in [-0.2, 0) is 16.1 Å². The molecule has 0 aliphatic carbocycles.